The van der Waals surface area contributed by atoms with Crippen molar-refractivity contribution in [2.45, 2.75) is 18.4 Å². The van der Waals surface area contributed by atoms with Crippen LogP contribution < -0.4 is 4.72 Å². The lowest BCUT2D eigenvalue weighted by molar-refractivity contribution is 0.582. The van der Waals surface area contributed by atoms with E-state index in [1.165, 1.54) is 4.68 Å². The molecule has 0 amide bonds. The fraction of sp³-hybridized carbons (Fsp3) is 0.214. The first-order valence-electron chi connectivity index (χ1n) is 6.83. The Bertz CT molecular complexity index is 930. The van der Waals surface area contributed by atoms with Crippen LogP contribution in [0.1, 0.15) is 9.75 Å². The molecule has 2 heterocycles. The van der Waals surface area contributed by atoms with E-state index in [2.05, 4.69) is 20.2 Å². The number of sulfonamides is 1. The van der Waals surface area contributed by atoms with Gasteiger partial charge in [0, 0.05) is 28.9 Å². The number of hydrogen-bond acceptors (Lipinski definition) is 6. The van der Waals surface area contributed by atoms with E-state index in [9.17, 15) is 8.42 Å². The van der Waals surface area contributed by atoms with Crippen molar-refractivity contribution in [3.63, 3.8) is 0 Å². The summed E-state index contributed by atoms with van der Waals surface area (Å²) in [4.78, 5) is 2.31. The monoisotopic (exact) mass is 349 g/mol. The fourth-order valence-corrected chi connectivity index (χ4v) is 4.08. The normalized spacial score (nSPS) is 11.7. The summed E-state index contributed by atoms with van der Waals surface area (Å²) in [7, 11) is -1.89. The molecule has 0 saturated carbocycles. The van der Waals surface area contributed by atoms with E-state index in [0.717, 1.165) is 9.75 Å². The van der Waals surface area contributed by atoms with Crippen molar-refractivity contribution in [3.8, 4) is 11.4 Å². The summed E-state index contributed by atoms with van der Waals surface area (Å²) >= 11 is 1.57. The van der Waals surface area contributed by atoms with Crippen molar-refractivity contribution in [1.29, 1.82) is 0 Å². The summed E-state index contributed by atoms with van der Waals surface area (Å²) in [5, 5.41) is 11.2. The minimum atomic E-state index is -3.60. The van der Waals surface area contributed by atoms with Gasteiger partial charge in [-0.1, -0.05) is 12.1 Å². The van der Waals surface area contributed by atoms with Crippen LogP contribution in [0.4, 0.5) is 0 Å². The molecule has 120 valence electrons. The lowest BCUT2D eigenvalue weighted by Gasteiger charge is -2.07. The van der Waals surface area contributed by atoms with Gasteiger partial charge in [-0.25, -0.2) is 17.8 Å². The molecule has 0 spiro atoms. The summed E-state index contributed by atoms with van der Waals surface area (Å²) in [6.45, 7) is 2.26. The van der Waals surface area contributed by atoms with E-state index >= 15 is 0 Å². The molecule has 23 heavy (non-hydrogen) atoms. The molecular formula is C14H15N5O2S2. The standard InChI is InChI=1S/C14H15N5O2S2/c1-10-6-7-12(22-10)9-15-23(20,21)13-5-3-4-11(8-13)14-16-17-18-19(14)2/h3-8,15H,9H2,1-2H3. The molecule has 0 fully saturated rings. The Labute approximate surface area is 138 Å². The van der Waals surface area contributed by atoms with Gasteiger partial charge in [0.2, 0.25) is 10.0 Å². The highest BCUT2D eigenvalue weighted by atomic mass is 32.2. The molecule has 0 unspecified atom stereocenters. The van der Waals surface area contributed by atoms with Gasteiger partial charge in [-0.05, 0) is 41.6 Å². The van der Waals surface area contributed by atoms with Crippen molar-refractivity contribution in [2.75, 3.05) is 0 Å². The number of tetrazole rings is 1. The molecule has 2 aromatic heterocycles. The molecule has 0 atom stereocenters. The van der Waals surface area contributed by atoms with Crippen LogP contribution in [0.25, 0.3) is 11.4 Å². The van der Waals surface area contributed by atoms with Crippen LogP contribution in [0.15, 0.2) is 41.3 Å². The molecule has 0 aliphatic carbocycles. The Morgan fingerprint density at radius 1 is 1.26 bits per heavy atom. The molecule has 0 saturated heterocycles. The van der Waals surface area contributed by atoms with Gasteiger partial charge < -0.3 is 0 Å². The Hall–Kier alpha value is -2.10. The van der Waals surface area contributed by atoms with Gasteiger partial charge >= 0.3 is 0 Å². The zero-order chi connectivity index (χ0) is 16.4. The predicted octanol–water partition coefficient (Wildman–Crippen LogP) is 1.73. The van der Waals surface area contributed by atoms with Gasteiger partial charge in [0.05, 0.1) is 4.90 Å². The Morgan fingerprint density at radius 3 is 2.74 bits per heavy atom. The van der Waals surface area contributed by atoms with Crippen molar-refractivity contribution >= 4 is 21.4 Å². The van der Waals surface area contributed by atoms with Crippen molar-refractivity contribution in [1.82, 2.24) is 24.9 Å². The third-order valence-corrected chi connectivity index (χ3v) is 5.65. The van der Waals surface area contributed by atoms with Crippen LogP contribution in [-0.2, 0) is 23.6 Å². The molecule has 9 heteroatoms. The predicted molar refractivity (Wildman–Crippen MR) is 87.3 cm³/mol. The summed E-state index contributed by atoms with van der Waals surface area (Å²) in [5.74, 6) is 0.510. The number of aromatic nitrogens is 4. The van der Waals surface area contributed by atoms with E-state index < -0.39 is 10.0 Å². The van der Waals surface area contributed by atoms with Gasteiger partial charge in [0.1, 0.15) is 0 Å². The van der Waals surface area contributed by atoms with Gasteiger partial charge in [0.15, 0.2) is 5.82 Å². The van der Waals surface area contributed by atoms with E-state index in [4.69, 9.17) is 0 Å². The van der Waals surface area contributed by atoms with Crippen molar-refractivity contribution < 1.29 is 8.42 Å². The minimum Gasteiger partial charge on any atom is -0.229 e. The second-order valence-corrected chi connectivity index (χ2v) is 8.13. The molecule has 0 aliphatic rings. The molecule has 1 N–H and O–H groups in total. The summed E-state index contributed by atoms with van der Waals surface area (Å²) in [6, 6.07) is 10.4. The van der Waals surface area contributed by atoms with Gasteiger partial charge in [-0.3, -0.25) is 0 Å². The first kappa shape index (κ1) is 15.8. The average Bonchev–Trinajstić information content (AvgIpc) is 3.14. The molecule has 1 aromatic carbocycles. The van der Waals surface area contributed by atoms with E-state index in [1.54, 1.807) is 42.6 Å². The molecule has 7 nitrogen and oxygen atoms in total. The highest BCUT2D eigenvalue weighted by Gasteiger charge is 2.16. The van der Waals surface area contributed by atoms with Crippen LogP contribution in [0.3, 0.4) is 0 Å². The SMILES string of the molecule is Cc1ccc(CNS(=O)(=O)c2cccc(-c3nnnn3C)c2)s1. The lowest BCUT2D eigenvalue weighted by atomic mass is 10.2. The number of benzene rings is 1. The first-order valence-corrected chi connectivity index (χ1v) is 9.13. The first-order chi connectivity index (χ1) is 11.0. The van der Waals surface area contributed by atoms with Crippen molar-refractivity contribution in [2.24, 2.45) is 7.05 Å². The Balaban J connectivity index is 1.84. The molecule has 0 bridgehead atoms. The average molecular weight is 349 g/mol. The minimum absolute atomic E-state index is 0.186. The van der Waals surface area contributed by atoms with Crippen LogP contribution in [0.5, 0.6) is 0 Å². The quantitative estimate of drug-likeness (QED) is 0.757. The zero-order valence-corrected chi connectivity index (χ0v) is 14.2. The second-order valence-electron chi connectivity index (χ2n) is 4.99. The van der Waals surface area contributed by atoms with Gasteiger partial charge in [0.25, 0.3) is 0 Å². The molecule has 3 aromatic rings. The van der Waals surface area contributed by atoms with Crippen molar-refractivity contribution in [3.05, 3.63) is 46.2 Å². The Morgan fingerprint density at radius 2 is 2.09 bits per heavy atom. The number of aryl methyl sites for hydroxylation is 2. The summed E-state index contributed by atoms with van der Waals surface area (Å²) in [5.41, 5.74) is 0.646. The van der Waals surface area contributed by atoms with E-state index in [-0.39, 0.29) is 11.4 Å². The summed E-state index contributed by atoms with van der Waals surface area (Å²) in [6.07, 6.45) is 0. The van der Waals surface area contributed by atoms with Crippen LogP contribution >= 0.6 is 11.3 Å². The highest BCUT2D eigenvalue weighted by Crippen LogP contribution is 2.20. The maximum absolute atomic E-state index is 12.5. The largest absolute Gasteiger partial charge is 0.240 e. The van der Waals surface area contributed by atoms with E-state index in [0.29, 0.717) is 11.4 Å². The molecule has 0 radical (unpaired) electrons. The number of nitrogens with one attached hydrogen (secondary N) is 1. The molecule has 3 rings (SSSR count). The van der Waals surface area contributed by atoms with Crippen LogP contribution in [0, 0.1) is 6.92 Å². The summed E-state index contributed by atoms with van der Waals surface area (Å²) < 4.78 is 29.0. The fourth-order valence-electron chi connectivity index (χ4n) is 2.11. The number of rotatable bonds is 5. The Kier molecular flexibility index (Phi) is 4.24. The third-order valence-electron chi connectivity index (χ3n) is 3.26. The zero-order valence-electron chi connectivity index (χ0n) is 12.6. The number of nitrogens with zero attached hydrogens (tertiary/aromatic N) is 4. The van der Waals surface area contributed by atoms with Crippen LogP contribution in [0.2, 0.25) is 0 Å². The smallest absolute Gasteiger partial charge is 0.229 e. The van der Waals surface area contributed by atoms with Crippen LogP contribution in [-0.4, -0.2) is 28.6 Å². The molecule has 0 aliphatic heterocycles. The third kappa shape index (κ3) is 3.46. The maximum atomic E-state index is 12.5. The lowest BCUT2D eigenvalue weighted by Crippen LogP contribution is -2.22. The van der Waals surface area contributed by atoms with Gasteiger partial charge in [-0.15, -0.1) is 16.4 Å². The number of hydrogen-bond donors (Lipinski definition) is 1. The topological polar surface area (TPSA) is 89.8 Å². The van der Waals surface area contributed by atoms with E-state index in [1.807, 2.05) is 19.1 Å². The highest BCUT2D eigenvalue weighted by molar-refractivity contribution is 7.89. The molecular weight excluding hydrogens is 334 g/mol. The number of thiophene rings is 1. The second kappa shape index (κ2) is 6.19. The maximum Gasteiger partial charge on any atom is 0.240 e. The van der Waals surface area contributed by atoms with Gasteiger partial charge in [-0.2, -0.15) is 0 Å².